The van der Waals surface area contributed by atoms with Crippen LogP contribution < -0.4 is 10.1 Å². The Morgan fingerprint density at radius 1 is 1.30 bits per heavy atom. The lowest BCUT2D eigenvalue weighted by molar-refractivity contribution is 0.264. The highest BCUT2D eigenvalue weighted by Gasteiger charge is 2.21. The van der Waals surface area contributed by atoms with E-state index in [1.807, 2.05) is 0 Å². The van der Waals surface area contributed by atoms with Crippen molar-refractivity contribution in [1.29, 1.82) is 0 Å². The maximum atomic E-state index is 8.77. The van der Waals surface area contributed by atoms with Crippen LogP contribution in [-0.4, -0.2) is 24.9 Å². The van der Waals surface area contributed by atoms with Crippen LogP contribution in [0.25, 0.3) is 0 Å². The molecule has 20 heavy (non-hydrogen) atoms. The lowest BCUT2D eigenvalue weighted by atomic mass is 9.87. The number of aliphatic hydroxyl groups excluding tert-OH is 1. The summed E-state index contributed by atoms with van der Waals surface area (Å²) in [6, 6.07) is 6.93. The molecule has 0 spiro atoms. The Hall–Kier alpha value is -1.06. The summed E-state index contributed by atoms with van der Waals surface area (Å²) in [5.41, 5.74) is 2.82. The van der Waals surface area contributed by atoms with E-state index in [0.29, 0.717) is 6.04 Å². The van der Waals surface area contributed by atoms with Crippen LogP contribution in [0.5, 0.6) is 5.75 Å². The Labute approximate surface area is 122 Å². The number of fused-ring (bicyclic) bond motifs is 1. The Morgan fingerprint density at radius 2 is 2.20 bits per heavy atom. The third-order valence-electron chi connectivity index (χ3n) is 3.97. The van der Waals surface area contributed by atoms with Gasteiger partial charge in [-0.1, -0.05) is 19.1 Å². The van der Waals surface area contributed by atoms with E-state index in [-0.39, 0.29) is 6.61 Å². The minimum Gasteiger partial charge on any atom is -0.493 e. The normalized spacial score (nSPS) is 17.8. The molecule has 0 fully saturated rings. The molecule has 1 atom stereocenters. The van der Waals surface area contributed by atoms with Crippen molar-refractivity contribution in [3.8, 4) is 5.75 Å². The van der Waals surface area contributed by atoms with Crippen molar-refractivity contribution in [3.05, 3.63) is 29.3 Å². The van der Waals surface area contributed by atoms with E-state index in [4.69, 9.17) is 9.84 Å². The summed E-state index contributed by atoms with van der Waals surface area (Å²) in [5, 5.41) is 12.3. The van der Waals surface area contributed by atoms with Crippen LogP contribution in [0.2, 0.25) is 0 Å². The van der Waals surface area contributed by atoms with Crippen LogP contribution in [0.1, 0.15) is 56.2 Å². The number of ether oxygens (including phenoxy) is 1. The van der Waals surface area contributed by atoms with E-state index in [1.54, 1.807) is 0 Å². The zero-order chi connectivity index (χ0) is 14.2. The molecule has 0 saturated carbocycles. The molecule has 3 heteroatoms. The summed E-state index contributed by atoms with van der Waals surface area (Å²) in [5.74, 6) is 1.06. The number of unbranched alkanes of at least 4 members (excludes halogenated alkanes) is 2. The lowest BCUT2D eigenvalue weighted by Gasteiger charge is -2.27. The van der Waals surface area contributed by atoms with Gasteiger partial charge in [0.1, 0.15) is 5.75 Å². The predicted octanol–water partition coefficient (Wildman–Crippen LogP) is 3.21. The highest BCUT2D eigenvalue weighted by Crippen LogP contribution is 2.35. The number of aliphatic hydroxyl groups is 1. The van der Waals surface area contributed by atoms with E-state index in [0.717, 1.165) is 44.6 Å². The average Bonchev–Trinajstić information content (AvgIpc) is 2.48. The molecule has 0 aliphatic heterocycles. The summed E-state index contributed by atoms with van der Waals surface area (Å²) >= 11 is 0. The van der Waals surface area contributed by atoms with Crippen molar-refractivity contribution < 1.29 is 9.84 Å². The highest BCUT2D eigenvalue weighted by molar-refractivity contribution is 5.43. The largest absolute Gasteiger partial charge is 0.493 e. The summed E-state index contributed by atoms with van der Waals surface area (Å²) in [6.45, 7) is 4.21. The summed E-state index contributed by atoms with van der Waals surface area (Å²) in [6.07, 6.45) is 6.51. The van der Waals surface area contributed by atoms with Gasteiger partial charge in [-0.2, -0.15) is 0 Å². The minimum atomic E-state index is 0.283. The molecule has 112 valence electrons. The second-order valence-electron chi connectivity index (χ2n) is 5.46. The smallest absolute Gasteiger partial charge is 0.122 e. The Morgan fingerprint density at radius 3 is 3.00 bits per heavy atom. The van der Waals surface area contributed by atoms with E-state index in [1.165, 1.54) is 24.0 Å². The molecule has 2 rings (SSSR count). The van der Waals surface area contributed by atoms with E-state index in [9.17, 15) is 0 Å². The van der Waals surface area contributed by atoms with Crippen LogP contribution >= 0.6 is 0 Å². The fraction of sp³-hybridized carbons (Fsp3) is 0.647. The molecule has 0 bridgehead atoms. The molecule has 1 aromatic rings. The van der Waals surface area contributed by atoms with E-state index >= 15 is 0 Å². The maximum Gasteiger partial charge on any atom is 0.122 e. The number of hydrogen-bond donors (Lipinski definition) is 2. The molecule has 1 aromatic carbocycles. The number of benzene rings is 1. The fourth-order valence-electron chi connectivity index (χ4n) is 2.98. The first-order valence-corrected chi connectivity index (χ1v) is 7.95. The van der Waals surface area contributed by atoms with Gasteiger partial charge in [0.15, 0.2) is 0 Å². The average molecular weight is 277 g/mol. The van der Waals surface area contributed by atoms with Crippen LogP contribution in [-0.2, 0) is 6.42 Å². The first kappa shape index (κ1) is 15.3. The standard InChI is InChI=1S/C17H27NO2/c1-2-18-16-10-6-9-15-14(16)8-7-11-17(15)20-13-5-3-4-12-19/h7-8,11,16,18-19H,2-6,9-10,12-13H2,1H3. The molecule has 1 unspecified atom stereocenters. The molecular weight excluding hydrogens is 250 g/mol. The minimum absolute atomic E-state index is 0.283. The summed E-state index contributed by atoms with van der Waals surface area (Å²) in [4.78, 5) is 0. The van der Waals surface area contributed by atoms with Gasteiger partial charge in [-0.15, -0.1) is 0 Å². The lowest BCUT2D eigenvalue weighted by Crippen LogP contribution is -2.25. The van der Waals surface area contributed by atoms with Gasteiger partial charge >= 0.3 is 0 Å². The highest BCUT2D eigenvalue weighted by atomic mass is 16.5. The van der Waals surface area contributed by atoms with Gasteiger partial charge in [0, 0.05) is 12.6 Å². The third kappa shape index (κ3) is 3.97. The van der Waals surface area contributed by atoms with Gasteiger partial charge in [-0.05, 0) is 62.3 Å². The number of nitrogens with one attached hydrogen (secondary N) is 1. The van der Waals surface area contributed by atoms with Gasteiger partial charge in [0.2, 0.25) is 0 Å². The molecule has 0 aromatic heterocycles. The van der Waals surface area contributed by atoms with Gasteiger partial charge < -0.3 is 15.2 Å². The predicted molar refractivity (Wildman–Crippen MR) is 82.2 cm³/mol. The third-order valence-corrected chi connectivity index (χ3v) is 3.97. The molecule has 2 N–H and O–H groups in total. The van der Waals surface area contributed by atoms with Crippen molar-refractivity contribution in [2.24, 2.45) is 0 Å². The second-order valence-corrected chi connectivity index (χ2v) is 5.46. The van der Waals surface area contributed by atoms with Gasteiger partial charge in [0.05, 0.1) is 6.61 Å². The second kappa shape index (κ2) is 8.28. The number of hydrogen-bond acceptors (Lipinski definition) is 3. The van der Waals surface area contributed by atoms with Crippen molar-refractivity contribution in [2.75, 3.05) is 19.8 Å². The molecule has 1 aliphatic rings. The summed E-state index contributed by atoms with van der Waals surface area (Å²) < 4.78 is 5.97. The molecule has 0 amide bonds. The van der Waals surface area contributed by atoms with Gasteiger partial charge in [-0.25, -0.2) is 0 Å². The molecular formula is C17H27NO2. The summed E-state index contributed by atoms with van der Waals surface area (Å²) in [7, 11) is 0. The van der Waals surface area contributed by atoms with Gasteiger partial charge in [0.25, 0.3) is 0 Å². The SMILES string of the molecule is CCNC1CCCc2c(OCCCCCO)cccc21. The fourth-order valence-corrected chi connectivity index (χ4v) is 2.98. The van der Waals surface area contributed by atoms with Crippen LogP contribution in [0.3, 0.4) is 0 Å². The molecule has 0 saturated heterocycles. The molecule has 3 nitrogen and oxygen atoms in total. The van der Waals surface area contributed by atoms with Gasteiger partial charge in [-0.3, -0.25) is 0 Å². The van der Waals surface area contributed by atoms with Crippen molar-refractivity contribution in [2.45, 2.75) is 51.5 Å². The first-order chi connectivity index (χ1) is 9.86. The topological polar surface area (TPSA) is 41.5 Å². The molecule has 0 radical (unpaired) electrons. The molecule has 0 heterocycles. The zero-order valence-electron chi connectivity index (χ0n) is 12.5. The number of rotatable bonds is 8. The Balaban J connectivity index is 1.98. The zero-order valence-corrected chi connectivity index (χ0v) is 12.5. The Kier molecular flexibility index (Phi) is 6.34. The van der Waals surface area contributed by atoms with Crippen LogP contribution in [0, 0.1) is 0 Å². The maximum absolute atomic E-state index is 8.77. The first-order valence-electron chi connectivity index (χ1n) is 7.95. The molecule has 1 aliphatic carbocycles. The Bertz CT molecular complexity index is 406. The van der Waals surface area contributed by atoms with Crippen LogP contribution in [0.4, 0.5) is 0 Å². The van der Waals surface area contributed by atoms with Crippen molar-refractivity contribution >= 4 is 0 Å². The monoisotopic (exact) mass is 277 g/mol. The van der Waals surface area contributed by atoms with Crippen LogP contribution in [0.15, 0.2) is 18.2 Å². The van der Waals surface area contributed by atoms with Crippen molar-refractivity contribution in [1.82, 2.24) is 5.32 Å². The van der Waals surface area contributed by atoms with Crippen molar-refractivity contribution in [3.63, 3.8) is 0 Å². The van der Waals surface area contributed by atoms with E-state index in [2.05, 4.69) is 30.4 Å². The quantitative estimate of drug-likeness (QED) is 0.717. The van der Waals surface area contributed by atoms with E-state index < -0.39 is 0 Å².